The fraction of sp³-hybridized carbons (Fsp3) is 0.810. The monoisotopic (exact) mass is 408 g/mol. The number of aliphatic hydroxyl groups is 1. The van der Waals surface area contributed by atoms with Crippen LogP contribution in [0.3, 0.4) is 0 Å². The number of carbonyl (C=O) groups excluding carboxylic acids is 2. The second-order valence-electron chi connectivity index (χ2n) is 9.34. The summed E-state index contributed by atoms with van der Waals surface area (Å²) in [5.74, 6) is 1.45. The number of alkyl halides is 1. The molecule has 0 amide bonds. The van der Waals surface area contributed by atoms with Crippen LogP contribution in [0.15, 0.2) is 11.6 Å². The van der Waals surface area contributed by atoms with Crippen LogP contribution in [0.5, 0.6) is 0 Å². The van der Waals surface area contributed by atoms with E-state index >= 15 is 0 Å². The van der Waals surface area contributed by atoms with E-state index in [1.165, 1.54) is 5.57 Å². The second-order valence-corrected chi connectivity index (χ2v) is 10.8. The number of Topliss-reactive ketones (excluding diaryl/α,β-unsaturated/α-hetero) is 1. The van der Waals surface area contributed by atoms with E-state index in [9.17, 15) is 14.7 Å². The lowest BCUT2D eigenvalue weighted by atomic mass is 9.46. The largest absolute Gasteiger partial charge is 0.389 e. The summed E-state index contributed by atoms with van der Waals surface area (Å²) in [6.45, 7) is 4.34. The molecule has 0 radical (unpaired) electrons. The van der Waals surface area contributed by atoms with Crippen LogP contribution in [-0.2, 0) is 9.59 Å². The first-order chi connectivity index (χ1) is 11.8. The molecule has 3 saturated carbocycles. The van der Waals surface area contributed by atoms with Gasteiger partial charge in [-0.15, -0.1) is 0 Å². The average molecular weight is 409 g/mol. The molecule has 0 aliphatic heterocycles. The highest BCUT2D eigenvalue weighted by molar-refractivity contribution is 9.10. The fourth-order valence-electron chi connectivity index (χ4n) is 7.09. The van der Waals surface area contributed by atoms with Crippen LogP contribution in [0, 0.1) is 28.6 Å². The number of fused-ring (bicyclic) bond motifs is 5. The maximum atomic E-state index is 12.3. The minimum absolute atomic E-state index is 0.0252. The summed E-state index contributed by atoms with van der Waals surface area (Å²) in [6, 6.07) is 0. The molecule has 0 aromatic heterocycles. The van der Waals surface area contributed by atoms with E-state index in [4.69, 9.17) is 0 Å². The number of ketones is 2. The third-order valence-electron chi connectivity index (χ3n) is 8.61. The smallest absolute Gasteiger partial charge is 0.161 e. The molecular weight excluding hydrogens is 380 g/mol. The molecule has 4 aliphatic rings. The van der Waals surface area contributed by atoms with Crippen LogP contribution < -0.4 is 0 Å². The van der Waals surface area contributed by atoms with Crippen molar-refractivity contribution in [2.24, 2.45) is 28.6 Å². The van der Waals surface area contributed by atoms with Gasteiger partial charge in [-0.3, -0.25) is 9.59 Å². The van der Waals surface area contributed by atoms with Gasteiger partial charge in [0.1, 0.15) is 6.61 Å². The Kier molecular flexibility index (Phi) is 4.12. The molecule has 25 heavy (non-hydrogen) atoms. The predicted molar refractivity (Wildman–Crippen MR) is 100 cm³/mol. The van der Waals surface area contributed by atoms with Gasteiger partial charge in [0.25, 0.3) is 0 Å². The summed E-state index contributed by atoms with van der Waals surface area (Å²) >= 11 is 4.24. The molecule has 3 fully saturated rings. The van der Waals surface area contributed by atoms with Gasteiger partial charge in [-0.2, -0.15) is 0 Å². The van der Waals surface area contributed by atoms with E-state index in [2.05, 4.69) is 29.8 Å². The van der Waals surface area contributed by atoms with Crippen molar-refractivity contribution in [3.8, 4) is 0 Å². The number of hydrogen-bond acceptors (Lipinski definition) is 3. The lowest BCUT2D eigenvalue weighted by Gasteiger charge is -2.63. The van der Waals surface area contributed by atoms with Gasteiger partial charge in [-0.05, 0) is 68.3 Å². The van der Waals surface area contributed by atoms with Gasteiger partial charge in [-0.1, -0.05) is 35.4 Å². The third kappa shape index (κ3) is 2.25. The Morgan fingerprint density at radius 3 is 2.64 bits per heavy atom. The minimum Gasteiger partial charge on any atom is -0.389 e. The van der Waals surface area contributed by atoms with E-state index in [0.717, 1.165) is 44.9 Å². The zero-order valence-corrected chi connectivity index (χ0v) is 16.9. The van der Waals surface area contributed by atoms with Crippen molar-refractivity contribution in [2.75, 3.05) is 6.61 Å². The second kappa shape index (κ2) is 5.76. The van der Waals surface area contributed by atoms with E-state index < -0.39 is 0 Å². The highest BCUT2D eigenvalue weighted by Gasteiger charge is 2.65. The summed E-state index contributed by atoms with van der Waals surface area (Å²) in [4.78, 5) is 24.3. The molecule has 4 rings (SSSR count). The lowest BCUT2D eigenvalue weighted by Crippen LogP contribution is -2.60. The highest BCUT2D eigenvalue weighted by Crippen LogP contribution is 2.70. The van der Waals surface area contributed by atoms with E-state index in [0.29, 0.717) is 18.3 Å². The normalized spacial score (nSPS) is 49.0. The number of aliphatic hydroxyl groups excluding tert-OH is 1. The van der Waals surface area contributed by atoms with Crippen molar-refractivity contribution in [2.45, 2.75) is 69.5 Å². The van der Waals surface area contributed by atoms with Gasteiger partial charge in [0.05, 0.1) is 0 Å². The van der Waals surface area contributed by atoms with E-state index in [1.807, 2.05) is 6.08 Å². The van der Waals surface area contributed by atoms with Gasteiger partial charge in [0.2, 0.25) is 0 Å². The van der Waals surface area contributed by atoms with Gasteiger partial charge < -0.3 is 5.11 Å². The van der Waals surface area contributed by atoms with Gasteiger partial charge >= 0.3 is 0 Å². The van der Waals surface area contributed by atoms with Crippen molar-refractivity contribution in [1.82, 2.24) is 0 Å². The molecule has 0 saturated heterocycles. The molecule has 4 aliphatic carbocycles. The topological polar surface area (TPSA) is 54.4 Å². The number of hydrogen-bond donors (Lipinski definition) is 1. The molecule has 0 bridgehead atoms. The molecule has 0 aromatic rings. The summed E-state index contributed by atoms with van der Waals surface area (Å²) in [5, 5.41) is 9.41. The number of rotatable bonds is 2. The van der Waals surface area contributed by atoms with Gasteiger partial charge in [0.15, 0.2) is 11.6 Å². The quantitative estimate of drug-likeness (QED) is 0.695. The van der Waals surface area contributed by atoms with Crippen LogP contribution in [-0.4, -0.2) is 27.6 Å². The zero-order valence-electron chi connectivity index (χ0n) is 15.3. The number of halogens is 1. The van der Waals surface area contributed by atoms with Crippen LogP contribution in [0.25, 0.3) is 0 Å². The molecule has 0 unspecified atom stereocenters. The Bertz CT molecular complexity index is 656. The number of carbonyl (C=O) groups is 2. The van der Waals surface area contributed by atoms with E-state index in [-0.39, 0.29) is 39.2 Å². The Hall–Kier alpha value is -0.480. The third-order valence-corrected chi connectivity index (χ3v) is 10.5. The standard InChI is InChI=1S/C21H29BrO3/c1-19-9-10-21(22)16(15(19)5-6-17(19)18(25)12-23)4-3-13-11-14(24)7-8-20(13,21)2/h11,15-17,23H,3-10,12H2,1-2H3/t15-,16-,17+,19-,20-,21+/m0/s1. The molecule has 1 N–H and O–H groups in total. The summed E-state index contributed by atoms with van der Waals surface area (Å²) in [5.41, 5.74) is 1.44. The highest BCUT2D eigenvalue weighted by atomic mass is 79.9. The molecule has 0 spiro atoms. The number of allylic oxidation sites excluding steroid dienone is 1. The van der Waals surface area contributed by atoms with Crippen molar-refractivity contribution in [3.63, 3.8) is 0 Å². The van der Waals surface area contributed by atoms with Crippen molar-refractivity contribution >= 4 is 27.5 Å². The van der Waals surface area contributed by atoms with E-state index in [1.54, 1.807) is 0 Å². The molecule has 0 heterocycles. The molecule has 3 nitrogen and oxygen atoms in total. The van der Waals surface area contributed by atoms with Crippen LogP contribution >= 0.6 is 15.9 Å². The molecular formula is C21H29BrO3. The first-order valence-corrected chi connectivity index (χ1v) is 10.6. The first kappa shape index (κ1) is 17.9. The average Bonchev–Trinajstić information content (AvgIpc) is 2.93. The first-order valence-electron chi connectivity index (χ1n) is 9.82. The Morgan fingerprint density at radius 1 is 1.16 bits per heavy atom. The summed E-state index contributed by atoms with van der Waals surface area (Å²) < 4.78 is 0.0477. The fourth-order valence-corrected chi connectivity index (χ4v) is 8.29. The van der Waals surface area contributed by atoms with Crippen LogP contribution in [0.1, 0.15) is 65.2 Å². The van der Waals surface area contributed by atoms with Crippen molar-refractivity contribution < 1.29 is 14.7 Å². The maximum Gasteiger partial charge on any atom is 0.161 e. The Balaban J connectivity index is 1.71. The Morgan fingerprint density at radius 2 is 1.92 bits per heavy atom. The van der Waals surface area contributed by atoms with Gasteiger partial charge in [0, 0.05) is 22.1 Å². The predicted octanol–water partition coefficient (Wildman–Crippen LogP) is 4.21. The minimum atomic E-state index is -0.316. The maximum absolute atomic E-state index is 12.3. The van der Waals surface area contributed by atoms with Crippen molar-refractivity contribution in [3.05, 3.63) is 11.6 Å². The molecule has 138 valence electrons. The van der Waals surface area contributed by atoms with Gasteiger partial charge in [-0.25, -0.2) is 0 Å². The van der Waals surface area contributed by atoms with Crippen LogP contribution in [0.2, 0.25) is 0 Å². The zero-order chi connectivity index (χ0) is 18.0. The Labute approximate surface area is 158 Å². The van der Waals surface area contributed by atoms with Crippen LogP contribution in [0.4, 0.5) is 0 Å². The summed E-state index contributed by atoms with van der Waals surface area (Å²) in [6.07, 6.45) is 9.79. The molecule has 6 atom stereocenters. The molecule has 4 heteroatoms. The molecule has 0 aromatic carbocycles. The van der Waals surface area contributed by atoms with Crippen molar-refractivity contribution in [1.29, 1.82) is 0 Å². The lowest BCUT2D eigenvalue weighted by molar-refractivity contribution is -0.132. The summed E-state index contributed by atoms with van der Waals surface area (Å²) in [7, 11) is 0. The SMILES string of the molecule is C[C@]12CC[C@@]3(Br)[C@@H](CCC4=CC(=O)CC[C@@]43C)[C@@H]1CC[C@@H]2C(=O)CO.